The minimum atomic E-state index is -5.63. The molecule has 0 aliphatic heterocycles. The van der Waals surface area contributed by atoms with Crippen molar-refractivity contribution in [1.82, 2.24) is 0 Å². The summed E-state index contributed by atoms with van der Waals surface area (Å²) in [6.07, 6.45) is 6.67. The maximum absolute atomic E-state index is 9.62. The minimum absolute atomic E-state index is 0.166. The number of hydrogen-bond donors (Lipinski definition) is 0. The van der Waals surface area contributed by atoms with Crippen molar-refractivity contribution in [3.8, 4) is 44.5 Å². The van der Waals surface area contributed by atoms with Crippen molar-refractivity contribution in [3.05, 3.63) is 247 Å². The summed E-state index contributed by atoms with van der Waals surface area (Å²) in [5, 5.41) is 0. The molecule has 0 saturated carbocycles. The van der Waals surface area contributed by atoms with E-state index in [1.165, 1.54) is 134 Å². The SMILES string of the molecule is Cc1cc(C)cc(-c2ccc(-c3cc(C)cc(C)c3)c3c2C=C(Cc2ccccc2)[CH]3[Zr]([Cl])([Cl])([CH]2C(Cc3ccccc3)=Cc3c(-c4cc(C)cc(C)c4)ccc(-c4cc(C)cc(C)c4)c32)[SiH](C)C)c1. The summed E-state index contributed by atoms with van der Waals surface area (Å²) in [6, 6.07) is 59.8. The zero-order valence-corrected chi connectivity index (χ0v) is 47.7. The van der Waals surface area contributed by atoms with Gasteiger partial charge >= 0.3 is 431 Å². The molecule has 0 heterocycles. The summed E-state index contributed by atoms with van der Waals surface area (Å²) >= 11 is -5.63. The molecule has 4 heteroatoms. The molecule has 2 aliphatic rings. The second-order valence-electron chi connectivity index (χ2n) is 21.5. The number of benzene rings is 8. The molecule has 0 fully saturated rings. The standard InChI is InChI=1S/2C32H29.C2H7Si.2ClH.Zr/c2*1-21-12-22(2)15-27(14-21)29-10-11-30(28-16-23(3)13-24(4)17-28)32-20-26(19-31(29)32)18-25-8-6-5-7-9-25;1-3-2;;;/h2*5-17,19-20H,18H2,1-4H3;3H,1-2H3;2*1H;/q;;;;;+2/p-2. The zero-order valence-electron chi connectivity index (χ0n) is 42.6. The first-order valence-electron chi connectivity index (χ1n) is 25.2. The van der Waals surface area contributed by atoms with Crippen LogP contribution in [0.4, 0.5) is 0 Å². The monoisotopic (exact) mass is 1050 g/mol. The van der Waals surface area contributed by atoms with Crippen molar-refractivity contribution >= 4 is 35.1 Å². The van der Waals surface area contributed by atoms with Gasteiger partial charge in [-0.15, -0.1) is 0 Å². The van der Waals surface area contributed by atoms with E-state index in [9.17, 15) is 17.0 Å². The van der Waals surface area contributed by atoms with Crippen LogP contribution in [0.15, 0.2) is 169 Å². The van der Waals surface area contributed by atoms with Gasteiger partial charge in [-0.25, -0.2) is 0 Å². The molecule has 0 N–H and O–H groups in total. The van der Waals surface area contributed by atoms with E-state index in [0.29, 0.717) is 0 Å². The van der Waals surface area contributed by atoms with Gasteiger partial charge in [-0.05, 0) is 0 Å². The summed E-state index contributed by atoms with van der Waals surface area (Å²) in [7, 11) is 19.2. The maximum atomic E-state index is 9.62. The van der Waals surface area contributed by atoms with Crippen molar-refractivity contribution in [2.45, 2.75) is 88.6 Å². The average molecular weight is 1050 g/mol. The zero-order chi connectivity index (χ0) is 49.2. The second-order valence-corrected chi connectivity index (χ2v) is 64.0. The Balaban J connectivity index is 1.35. The molecule has 2 atom stereocenters. The Morgan fingerprint density at radius 1 is 0.371 bits per heavy atom. The summed E-state index contributed by atoms with van der Waals surface area (Å²) in [5.41, 5.74) is 30.5. The van der Waals surface area contributed by atoms with Gasteiger partial charge in [0, 0.05) is 0 Å². The van der Waals surface area contributed by atoms with Crippen molar-refractivity contribution in [1.29, 1.82) is 0 Å². The number of halogens is 2. The molecule has 0 bridgehead atoms. The van der Waals surface area contributed by atoms with Gasteiger partial charge in [-0.3, -0.25) is 0 Å². The van der Waals surface area contributed by atoms with Gasteiger partial charge in [-0.2, -0.15) is 0 Å². The van der Waals surface area contributed by atoms with E-state index in [0.717, 1.165) is 12.8 Å². The molecule has 0 amide bonds. The van der Waals surface area contributed by atoms with E-state index in [1.54, 1.807) is 0 Å². The van der Waals surface area contributed by atoms with Crippen LogP contribution in [-0.4, -0.2) is 5.92 Å². The third-order valence-corrected chi connectivity index (χ3v) is 67.1. The molecule has 0 nitrogen and oxygen atoms in total. The van der Waals surface area contributed by atoms with E-state index in [1.807, 2.05) is 0 Å². The molecular weight excluding hydrogens is 983 g/mol. The molecule has 0 spiro atoms. The summed E-state index contributed by atoms with van der Waals surface area (Å²) in [6.45, 7) is 22.8. The Morgan fingerprint density at radius 2 is 0.643 bits per heavy atom. The third kappa shape index (κ3) is 8.87. The van der Waals surface area contributed by atoms with E-state index in [4.69, 9.17) is 0 Å². The number of rotatable bonds is 11. The quantitative estimate of drug-likeness (QED) is 0.113. The predicted molar refractivity (Wildman–Crippen MR) is 305 cm³/mol. The summed E-state index contributed by atoms with van der Waals surface area (Å²) in [5.74, 6) is -2.05. The molecule has 10 rings (SSSR count). The van der Waals surface area contributed by atoms with Gasteiger partial charge < -0.3 is 0 Å². The second kappa shape index (κ2) is 18.8. The van der Waals surface area contributed by atoms with Crippen molar-refractivity contribution in [2.24, 2.45) is 0 Å². The molecule has 70 heavy (non-hydrogen) atoms. The molecular formula is C66H65Cl2SiZr. The van der Waals surface area contributed by atoms with Crippen LogP contribution < -0.4 is 0 Å². The Kier molecular flexibility index (Phi) is 13.1. The first kappa shape index (κ1) is 48.5. The molecule has 2 aliphatic carbocycles. The average Bonchev–Trinajstić information content (AvgIpc) is 3.88. The topological polar surface area (TPSA) is 0 Å². The Bertz CT molecular complexity index is 3130. The summed E-state index contributed by atoms with van der Waals surface area (Å²) in [4.78, 5) is 0. The van der Waals surface area contributed by atoms with Crippen molar-refractivity contribution in [3.63, 3.8) is 0 Å². The summed E-state index contributed by atoms with van der Waals surface area (Å²) < 4.78 is -0.333. The van der Waals surface area contributed by atoms with E-state index < -0.39 is 21.5 Å². The van der Waals surface area contributed by atoms with Gasteiger partial charge in [0.2, 0.25) is 0 Å². The fourth-order valence-corrected chi connectivity index (χ4v) is 43.7. The van der Waals surface area contributed by atoms with Crippen LogP contribution >= 0.6 is 17.0 Å². The molecule has 351 valence electrons. The number of allylic oxidation sites excluding steroid dienone is 2. The van der Waals surface area contributed by atoms with E-state index in [2.05, 4.69) is 238 Å². The number of aryl methyl sites for hydroxylation is 8. The van der Waals surface area contributed by atoms with Crippen molar-refractivity contribution in [2.75, 3.05) is 0 Å². The van der Waals surface area contributed by atoms with Gasteiger partial charge in [0.1, 0.15) is 0 Å². The van der Waals surface area contributed by atoms with E-state index >= 15 is 0 Å². The third-order valence-electron chi connectivity index (χ3n) is 15.4. The Labute approximate surface area is 427 Å². The predicted octanol–water partition coefficient (Wildman–Crippen LogP) is 18.9. The van der Waals surface area contributed by atoms with Crippen LogP contribution in [0.1, 0.15) is 85.1 Å². The van der Waals surface area contributed by atoms with Gasteiger partial charge in [0.05, 0.1) is 0 Å². The van der Waals surface area contributed by atoms with Gasteiger partial charge in [0.15, 0.2) is 0 Å². The number of hydrogen-bond acceptors (Lipinski definition) is 0. The first-order chi connectivity index (χ1) is 33.4. The molecule has 0 radical (unpaired) electrons. The fraction of sp³-hybridized carbons (Fsp3) is 0.212. The Hall–Kier alpha value is -5.08. The van der Waals surface area contributed by atoms with Crippen LogP contribution in [0, 0.1) is 55.4 Å². The van der Waals surface area contributed by atoms with E-state index in [-0.39, 0.29) is 7.25 Å². The van der Waals surface area contributed by atoms with Crippen LogP contribution in [0.3, 0.4) is 0 Å². The fourth-order valence-electron chi connectivity index (χ4n) is 12.7. The van der Waals surface area contributed by atoms with Crippen LogP contribution in [0.2, 0.25) is 13.1 Å². The van der Waals surface area contributed by atoms with Gasteiger partial charge in [-0.1, -0.05) is 0 Å². The Morgan fingerprint density at radius 3 is 0.929 bits per heavy atom. The molecule has 8 aromatic carbocycles. The van der Waals surface area contributed by atoms with Crippen LogP contribution in [-0.2, 0) is 28.4 Å². The molecule has 8 aromatic rings. The molecule has 0 saturated heterocycles. The normalized spacial score (nSPS) is 15.9. The number of fused-ring (bicyclic) bond motifs is 2. The first-order valence-corrected chi connectivity index (χ1v) is 41.5. The molecule has 2 unspecified atom stereocenters. The van der Waals surface area contributed by atoms with Crippen LogP contribution in [0.25, 0.3) is 56.7 Å². The van der Waals surface area contributed by atoms with Gasteiger partial charge in [0.25, 0.3) is 0 Å². The molecule has 0 aromatic heterocycles. The van der Waals surface area contributed by atoms with Crippen molar-refractivity contribution < 1.29 is 15.6 Å². The van der Waals surface area contributed by atoms with Crippen LogP contribution in [0.5, 0.6) is 0 Å².